The molecule has 0 unspecified atom stereocenters. The van der Waals surface area contributed by atoms with Crippen molar-refractivity contribution in [3.05, 3.63) is 63.1 Å². The summed E-state index contributed by atoms with van der Waals surface area (Å²) < 4.78 is 6.44. The zero-order chi connectivity index (χ0) is 22.2. The molecule has 1 aliphatic carbocycles. The largest absolute Gasteiger partial charge is 0.462 e. The first-order chi connectivity index (χ1) is 14.1. The van der Waals surface area contributed by atoms with E-state index in [1.807, 2.05) is 13.8 Å². The van der Waals surface area contributed by atoms with Gasteiger partial charge in [0.25, 0.3) is 11.5 Å². The molecule has 0 radical (unpaired) electrons. The molecule has 158 valence electrons. The van der Waals surface area contributed by atoms with Crippen LogP contribution in [0.1, 0.15) is 64.0 Å². The first-order valence-corrected chi connectivity index (χ1v) is 9.87. The molecule has 30 heavy (non-hydrogen) atoms. The van der Waals surface area contributed by atoms with Gasteiger partial charge < -0.3 is 9.64 Å². The second-order valence-electron chi connectivity index (χ2n) is 8.47. The van der Waals surface area contributed by atoms with E-state index in [2.05, 4.69) is 0 Å². The number of nitrogens with zero attached hydrogens (tertiary/aromatic N) is 2. The summed E-state index contributed by atoms with van der Waals surface area (Å²) in [6, 6.07) is 7.93. The maximum atomic E-state index is 13.3. The number of benzene rings is 1. The molecule has 0 spiro atoms. The number of pyridine rings is 1. The molecule has 1 heterocycles. The summed E-state index contributed by atoms with van der Waals surface area (Å²) >= 11 is 0. The van der Waals surface area contributed by atoms with Crippen molar-refractivity contribution in [2.24, 2.45) is 5.41 Å². The zero-order valence-electron chi connectivity index (χ0n) is 17.9. The van der Waals surface area contributed by atoms with E-state index < -0.39 is 11.5 Å². The number of fused-ring (bicyclic) bond motifs is 1. The highest BCUT2D eigenvalue weighted by Gasteiger charge is 2.35. The van der Waals surface area contributed by atoms with Crippen LogP contribution in [-0.2, 0) is 11.2 Å². The second kappa shape index (κ2) is 7.89. The minimum absolute atomic E-state index is 0.111. The molecule has 0 aliphatic heterocycles. The predicted molar refractivity (Wildman–Crippen MR) is 112 cm³/mol. The van der Waals surface area contributed by atoms with Crippen molar-refractivity contribution >= 4 is 17.7 Å². The van der Waals surface area contributed by atoms with Crippen LogP contribution in [-0.4, -0.2) is 47.8 Å². The van der Waals surface area contributed by atoms with Gasteiger partial charge in [-0.05, 0) is 49.1 Å². The van der Waals surface area contributed by atoms with Gasteiger partial charge in [0.05, 0.1) is 6.61 Å². The summed E-state index contributed by atoms with van der Waals surface area (Å²) in [5.41, 5.74) is 0.879. The number of rotatable bonds is 4. The number of Topliss-reactive ketones (excluding diaryl/α,β-unsaturated/α-hetero) is 1. The van der Waals surface area contributed by atoms with Gasteiger partial charge in [-0.2, -0.15) is 0 Å². The predicted octanol–water partition coefficient (Wildman–Crippen LogP) is 2.87. The van der Waals surface area contributed by atoms with Crippen molar-refractivity contribution < 1.29 is 19.1 Å². The van der Waals surface area contributed by atoms with E-state index in [0.29, 0.717) is 35.3 Å². The Morgan fingerprint density at radius 2 is 1.73 bits per heavy atom. The van der Waals surface area contributed by atoms with Crippen LogP contribution in [0.5, 0.6) is 0 Å². The van der Waals surface area contributed by atoms with Crippen LogP contribution < -0.4 is 5.56 Å². The van der Waals surface area contributed by atoms with Crippen molar-refractivity contribution in [3.8, 4) is 5.69 Å². The van der Waals surface area contributed by atoms with Crippen molar-refractivity contribution in [2.75, 3.05) is 20.7 Å². The number of amides is 1. The molecule has 1 aliphatic rings. The normalized spacial score (nSPS) is 14.8. The van der Waals surface area contributed by atoms with Crippen LogP contribution in [0.15, 0.2) is 35.1 Å². The van der Waals surface area contributed by atoms with Crippen LogP contribution in [0.3, 0.4) is 0 Å². The highest BCUT2D eigenvalue weighted by molar-refractivity contribution is 6.01. The Bertz CT molecular complexity index is 1080. The van der Waals surface area contributed by atoms with Gasteiger partial charge in [0.2, 0.25) is 0 Å². The molecule has 0 fully saturated rings. The molecule has 7 heteroatoms. The highest BCUT2D eigenvalue weighted by atomic mass is 16.5. The van der Waals surface area contributed by atoms with Gasteiger partial charge >= 0.3 is 5.97 Å². The highest BCUT2D eigenvalue weighted by Crippen LogP contribution is 2.35. The van der Waals surface area contributed by atoms with Gasteiger partial charge in [0.15, 0.2) is 5.78 Å². The average molecular weight is 410 g/mol. The lowest BCUT2D eigenvalue weighted by Gasteiger charge is -2.32. The van der Waals surface area contributed by atoms with Crippen molar-refractivity contribution in [3.63, 3.8) is 0 Å². The van der Waals surface area contributed by atoms with Gasteiger partial charge in [-0.25, -0.2) is 4.79 Å². The molecule has 0 N–H and O–H groups in total. The summed E-state index contributed by atoms with van der Waals surface area (Å²) in [6.07, 6.45) is 0.835. The Kier molecular flexibility index (Phi) is 5.65. The number of hydrogen-bond acceptors (Lipinski definition) is 5. The Labute approximate surface area is 175 Å². The molecule has 1 aromatic carbocycles. The van der Waals surface area contributed by atoms with Crippen LogP contribution in [0.2, 0.25) is 0 Å². The lowest BCUT2D eigenvalue weighted by atomic mass is 9.75. The van der Waals surface area contributed by atoms with Crippen molar-refractivity contribution in [1.29, 1.82) is 0 Å². The minimum atomic E-state index is -0.754. The van der Waals surface area contributed by atoms with E-state index in [9.17, 15) is 19.2 Å². The monoisotopic (exact) mass is 410 g/mol. The standard InChI is InChI=1S/C23H26N2O5/c1-6-30-22(29)17-11-16-18(12-23(2,3)13-19(16)26)25(21(17)28)15-9-7-14(8-10-15)20(27)24(4)5/h7-11H,6,12-13H2,1-5H3. The van der Waals surface area contributed by atoms with Crippen molar-refractivity contribution in [2.45, 2.75) is 33.6 Å². The van der Waals surface area contributed by atoms with Gasteiger partial charge in [0, 0.05) is 43.0 Å². The molecule has 1 aromatic heterocycles. The summed E-state index contributed by atoms with van der Waals surface area (Å²) in [4.78, 5) is 52.1. The van der Waals surface area contributed by atoms with E-state index in [-0.39, 0.29) is 29.3 Å². The maximum Gasteiger partial charge on any atom is 0.343 e. The van der Waals surface area contributed by atoms with E-state index in [1.165, 1.54) is 15.5 Å². The smallest absolute Gasteiger partial charge is 0.343 e. The maximum absolute atomic E-state index is 13.3. The second-order valence-corrected chi connectivity index (χ2v) is 8.47. The Morgan fingerprint density at radius 1 is 1.10 bits per heavy atom. The lowest BCUT2D eigenvalue weighted by Crippen LogP contribution is -2.36. The number of carbonyl (C=O) groups excluding carboxylic acids is 3. The third-order valence-electron chi connectivity index (χ3n) is 5.16. The van der Waals surface area contributed by atoms with Gasteiger partial charge in [0.1, 0.15) is 5.56 Å². The summed E-state index contributed by atoms with van der Waals surface area (Å²) in [5.74, 6) is -1.02. The fraction of sp³-hybridized carbons (Fsp3) is 0.391. The first-order valence-electron chi connectivity index (χ1n) is 9.87. The number of ketones is 1. The first kappa shape index (κ1) is 21.5. The van der Waals surface area contributed by atoms with E-state index in [0.717, 1.165) is 0 Å². The molecule has 7 nitrogen and oxygen atoms in total. The number of esters is 1. The number of carbonyl (C=O) groups is 3. The fourth-order valence-electron chi connectivity index (χ4n) is 3.75. The molecule has 0 saturated carbocycles. The van der Waals surface area contributed by atoms with Gasteiger partial charge in [-0.3, -0.25) is 19.0 Å². The molecule has 2 aromatic rings. The van der Waals surface area contributed by atoms with Crippen LogP contribution in [0, 0.1) is 5.41 Å². The minimum Gasteiger partial charge on any atom is -0.462 e. The summed E-state index contributed by atoms with van der Waals surface area (Å²) in [7, 11) is 3.32. The third-order valence-corrected chi connectivity index (χ3v) is 5.16. The molecular formula is C23H26N2O5. The van der Waals surface area contributed by atoms with Crippen molar-refractivity contribution in [1.82, 2.24) is 9.47 Å². The Balaban J connectivity index is 2.24. The molecule has 3 rings (SSSR count). The van der Waals surface area contributed by atoms with E-state index >= 15 is 0 Å². The van der Waals surface area contributed by atoms with E-state index in [4.69, 9.17) is 4.74 Å². The van der Waals surface area contributed by atoms with Crippen LogP contribution in [0.25, 0.3) is 5.69 Å². The van der Waals surface area contributed by atoms with Gasteiger partial charge in [-0.1, -0.05) is 13.8 Å². The molecule has 0 saturated heterocycles. The fourth-order valence-corrected chi connectivity index (χ4v) is 3.75. The number of hydrogen-bond donors (Lipinski definition) is 0. The summed E-state index contributed by atoms with van der Waals surface area (Å²) in [5, 5.41) is 0. The third kappa shape index (κ3) is 3.92. The molecule has 0 atom stereocenters. The van der Waals surface area contributed by atoms with Gasteiger partial charge in [-0.15, -0.1) is 0 Å². The Morgan fingerprint density at radius 3 is 2.30 bits per heavy atom. The molecule has 1 amide bonds. The summed E-state index contributed by atoms with van der Waals surface area (Å²) in [6.45, 7) is 5.72. The quantitative estimate of drug-likeness (QED) is 0.724. The Hall–Kier alpha value is -3.22. The average Bonchev–Trinajstić information content (AvgIpc) is 2.66. The van der Waals surface area contributed by atoms with E-state index in [1.54, 1.807) is 45.3 Å². The SMILES string of the molecule is CCOC(=O)c1cc2c(n(-c3ccc(C(=O)N(C)C)cc3)c1=O)CC(C)(C)CC2=O. The molecule has 0 bridgehead atoms. The van der Waals surface area contributed by atoms with Crippen LogP contribution >= 0.6 is 0 Å². The number of ether oxygens (including phenoxy) is 1. The number of aromatic nitrogens is 1. The molecular weight excluding hydrogens is 384 g/mol. The lowest BCUT2D eigenvalue weighted by molar-refractivity contribution is 0.0523. The van der Waals surface area contributed by atoms with Crippen LogP contribution in [0.4, 0.5) is 0 Å². The zero-order valence-corrected chi connectivity index (χ0v) is 17.9. The topological polar surface area (TPSA) is 85.7 Å².